The number of aromatic nitrogens is 3. The highest BCUT2D eigenvalue weighted by atomic mass is 16.5. The van der Waals surface area contributed by atoms with E-state index in [1.54, 1.807) is 7.11 Å². The number of para-hydroxylation sites is 1. The third-order valence-corrected chi connectivity index (χ3v) is 8.32. The van der Waals surface area contributed by atoms with Crippen molar-refractivity contribution in [3.8, 4) is 17.0 Å². The van der Waals surface area contributed by atoms with Crippen LogP contribution in [0.15, 0.2) is 72.6 Å². The van der Waals surface area contributed by atoms with Crippen LogP contribution in [0.3, 0.4) is 0 Å². The van der Waals surface area contributed by atoms with E-state index in [9.17, 15) is 0 Å². The summed E-state index contributed by atoms with van der Waals surface area (Å²) in [5.74, 6) is 1.33. The molecule has 3 heterocycles. The van der Waals surface area contributed by atoms with E-state index in [0.29, 0.717) is 5.95 Å². The molecule has 0 atom stereocenters. The van der Waals surface area contributed by atoms with Crippen molar-refractivity contribution in [3.63, 3.8) is 0 Å². The van der Waals surface area contributed by atoms with Crippen molar-refractivity contribution in [2.75, 3.05) is 38.4 Å². The Hall–Kier alpha value is -4.10. The third kappa shape index (κ3) is 5.46. The minimum absolute atomic E-state index is 0.551. The lowest BCUT2D eigenvalue weighted by molar-refractivity contribution is 0.399. The SMILES string of the molecule is C=CC(Nc1cc(Nc2nccc(-c3c4n(c5ccccc35)CCC4)n2)c(OC)cc1CCCN(C)C)=C1CCC1. The molecule has 1 aliphatic heterocycles. The van der Waals surface area contributed by atoms with Crippen molar-refractivity contribution >= 4 is 28.2 Å². The van der Waals surface area contributed by atoms with Crippen LogP contribution < -0.4 is 15.4 Å². The number of ether oxygens (including phenoxy) is 1. The average molecular weight is 549 g/mol. The lowest BCUT2D eigenvalue weighted by atomic mass is 9.90. The molecule has 0 amide bonds. The number of rotatable bonds is 11. The summed E-state index contributed by atoms with van der Waals surface area (Å²) < 4.78 is 8.33. The predicted octanol–water partition coefficient (Wildman–Crippen LogP) is 7.33. The molecule has 4 aromatic rings. The molecule has 41 heavy (non-hydrogen) atoms. The first kappa shape index (κ1) is 27.1. The number of aryl methyl sites for hydroxylation is 2. The summed E-state index contributed by atoms with van der Waals surface area (Å²) in [7, 11) is 5.95. The number of anilines is 3. The van der Waals surface area contributed by atoms with Crippen LogP contribution in [-0.4, -0.2) is 47.2 Å². The predicted molar refractivity (Wildman–Crippen MR) is 169 cm³/mol. The number of hydrogen-bond acceptors (Lipinski definition) is 6. The van der Waals surface area contributed by atoms with Crippen LogP contribution in [0.2, 0.25) is 0 Å². The van der Waals surface area contributed by atoms with Crippen LogP contribution in [-0.2, 0) is 19.4 Å². The topological polar surface area (TPSA) is 67.2 Å². The van der Waals surface area contributed by atoms with Crippen molar-refractivity contribution < 1.29 is 4.74 Å². The fourth-order valence-electron chi connectivity index (χ4n) is 6.09. The summed E-state index contributed by atoms with van der Waals surface area (Å²) in [5.41, 5.74) is 10.5. The lowest BCUT2D eigenvalue weighted by Crippen LogP contribution is -2.14. The zero-order valence-electron chi connectivity index (χ0n) is 24.5. The van der Waals surface area contributed by atoms with Crippen molar-refractivity contribution in [2.45, 2.75) is 51.5 Å². The van der Waals surface area contributed by atoms with E-state index in [-0.39, 0.29) is 0 Å². The summed E-state index contributed by atoms with van der Waals surface area (Å²) >= 11 is 0. The molecule has 1 fully saturated rings. The van der Waals surface area contributed by atoms with Crippen molar-refractivity contribution in [1.82, 2.24) is 19.4 Å². The number of fused-ring (bicyclic) bond motifs is 3. The standard InChI is InChI=1S/C34H40N6O/c1-5-26(23-11-8-12-23)36-28-22-29(32(41-4)21-24(28)13-9-19-39(2)3)38-34-35-18-17-27(37-34)33-25-14-6-7-15-30(25)40-20-10-16-31(33)40/h5-7,14-15,17-18,21-22,36H,1,8-13,16,19-20H2,2-4H3,(H,35,37,38). The van der Waals surface area contributed by atoms with Gasteiger partial charge in [-0.05, 0) is 107 Å². The molecule has 2 aromatic heterocycles. The summed E-state index contributed by atoms with van der Waals surface area (Å²) in [6.45, 7) is 6.17. The van der Waals surface area contributed by atoms with E-state index in [4.69, 9.17) is 9.72 Å². The number of hydrogen-bond donors (Lipinski definition) is 2. The van der Waals surface area contributed by atoms with Gasteiger partial charge in [0.15, 0.2) is 0 Å². The van der Waals surface area contributed by atoms with Gasteiger partial charge < -0.3 is 24.8 Å². The minimum atomic E-state index is 0.551. The molecule has 0 bridgehead atoms. The first-order valence-corrected chi connectivity index (χ1v) is 14.7. The van der Waals surface area contributed by atoms with Gasteiger partial charge in [-0.2, -0.15) is 0 Å². The molecule has 2 aromatic carbocycles. The van der Waals surface area contributed by atoms with Gasteiger partial charge in [-0.25, -0.2) is 9.97 Å². The third-order valence-electron chi connectivity index (χ3n) is 8.32. The molecule has 0 radical (unpaired) electrons. The Balaban J connectivity index is 1.36. The second-order valence-electron chi connectivity index (χ2n) is 11.3. The second-order valence-corrected chi connectivity index (χ2v) is 11.3. The Morgan fingerprint density at radius 1 is 1.10 bits per heavy atom. The second kappa shape index (κ2) is 11.8. The number of allylic oxidation sites excluding steroid dienone is 2. The first-order chi connectivity index (χ1) is 20.1. The van der Waals surface area contributed by atoms with E-state index in [1.165, 1.54) is 46.1 Å². The highest BCUT2D eigenvalue weighted by molar-refractivity contribution is 5.97. The number of benzene rings is 2. The molecule has 0 saturated heterocycles. The van der Waals surface area contributed by atoms with Gasteiger partial charge in [-0.1, -0.05) is 24.8 Å². The maximum Gasteiger partial charge on any atom is 0.227 e. The highest BCUT2D eigenvalue weighted by Gasteiger charge is 2.23. The maximum atomic E-state index is 5.88. The van der Waals surface area contributed by atoms with E-state index >= 15 is 0 Å². The molecule has 7 heteroatoms. The molecule has 212 valence electrons. The summed E-state index contributed by atoms with van der Waals surface area (Å²) in [6.07, 6.45) is 11.5. The Morgan fingerprint density at radius 3 is 2.71 bits per heavy atom. The number of nitrogens with zero attached hydrogens (tertiary/aromatic N) is 4. The monoisotopic (exact) mass is 548 g/mol. The fourth-order valence-corrected chi connectivity index (χ4v) is 6.09. The summed E-state index contributed by atoms with van der Waals surface area (Å²) in [5, 5.41) is 8.44. The quantitative estimate of drug-likeness (QED) is 0.205. The van der Waals surface area contributed by atoms with Crippen LogP contribution in [0.4, 0.5) is 17.3 Å². The molecule has 1 aliphatic carbocycles. The van der Waals surface area contributed by atoms with Crippen LogP contribution in [0, 0.1) is 0 Å². The van der Waals surface area contributed by atoms with Gasteiger partial charge in [-0.3, -0.25) is 0 Å². The largest absolute Gasteiger partial charge is 0.495 e. The number of methoxy groups -OCH3 is 1. The molecule has 6 rings (SSSR count). The Kier molecular flexibility index (Phi) is 7.79. The first-order valence-electron chi connectivity index (χ1n) is 14.7. The molecule has 0 unspecified atom stereocenters. The summed E-state index contributed by atoms with van der Waals surface area (Å²) in [4.78, 5) is 11.8. The van der Waals surface area contributed by atoms with Crippen LogP contribution in [0.25, 0.3) is 22.2 Å². The van der Waals surface area contributed by atoms with E-state index in [0.717, 1.165) is 73.7 Å². The van der Waals surface area contributed by atoms with E-state index < -0.39 is 0 Å². The Labute approximate surface area is 243 Å². The lowest BCUT2D eigenvalue weighted by Gasteiger charge is -2.23. The van der Waals surface area contributed by atoms with Gasteiger partial charge in [-0.15, -0.1) is 0 Å². The Morgan fingerprint density at radius 2 is 1.95 bits per heavy atom. The molecular weight excluding hydrogens is 508 g/mol. The van der Waals surface area contributed by atoms with Crippen LogP contribution in [0.1, 0.15) is 43.4 Å². The van der Waals surface area contributed by atoms with Gasteiger partial charge in [0.25, 0.3) is 0 Å². The zero-order chi connectivity index (χ0) is 28.3. The van der Waals surface area contributed by atoms with E-state index in [1.807, 2.05) is 18.3 Å². The number of nitrogens with one attached hydrogen (secondary N) is 2. The molecule has 0 spiro atoms. The molecule has 7 nitrogen and oxygen atoms in total. The molecule has 1 saturated carbocycles. The minimum Gasteiger partial charge on any atom is -0.495 e. The molecular formula is C34H40N6O. The molecule has 2 N–H and O–H groups in total. The molecule has 2 aliphatic rings. The maximum absolute atomic E-state index is 5.88. The van der Waals surface area contributed by atoms with Crippen molar-refractivity contribution in [3.05, 3.63) is 83.8 Å². The van der Waals surface area contributed by atoms with Gasteiger partial charge in [0, 0.05) is 46.3 Å². The highest BCUT2D eigenvalue weighted by Crippen LogP contribution is 2.39. The summed E-state index contributed by atoms with van der Waals surface area (Å²) in [6, 6.07) is 14.9. The van der Waals surface area contributed by atoms with Crippen LogP contribution in [0.5, 0.6) is 5.75 Å². The fraction of sp³-hybridized carbons (Fsp3) is 0.353. The van der Waals surface area contributed by atoms with Crippen LogP contribution >= 0.6 is 0 Å². The van der Waals surface area contributed by atoms with Crippen molar-refractivity contribution in [1.29, 1.82) is 0 Å². The normalized spacial score (nSPS) is 14.2. The van der Waals surface area contributed by atoms with Gasteiger partial charge in [0.2, 0.25) is 5.95 Å². The Bertz CT molecular complexity index is 1610. The van der Waals surface area contributed by atoms with Gasteiger partial charge in [0.05, 0.1) is 18.5 Å². The van der Waals surface area contributed by atoms with Gasteiger partial charge >= 0.3 is 0 Å². The van der Waals surface area contributed by atoms with E-state index in [2.05, 4.69) is 82.2 Å². The zero-order valence-corrected chi connectivity index (χ0v) is 24.5. The average Bonchev–Trinajstić information content (AvgIpc) is 3.53. The van der Waals surface area contributed by atoms with Gasteiger partial charge in [0.1, 0.15) is 5.75 Å². The van der Waals surface area contributed by atoms with Crippen molar-refractivity contribution in [2.24, 2.45) is 0 Å². The smallest absolute Gasteiger partial charge is 0.227 e.